The molecule has 0 saturated carbocycles. The summed E-state index contributed by atoms with van der Waals surface area (Å²) in [6.45, 7) is 0. The summed E-state index contributed by atoms with van der Waals surface area (Å²) in [5.41, 5.74) is 3.01. The smallest absolute Gasteiger partial charge is 0.173 e. The van der Waals surface area contributed by atoms with E-state index in [1.165, 1.54) is 6.08 Å². The van der Waals surface area contributed by atoms with Crippen molar-refractivity contribution >= 4 is 5.78 Å². The molecule has 0 amide bonds. The van der Waals surface area contributed by atoms with Crippen molar-refractivity contribution in [2.75, 3.05) is 0 Å². The third-order valence-electron chi connectivity index (χ3n) is 4.26. The highest BCUT2D eigenvalue weighted by atomic mass is 16.3. The zero-order valence-corrected chi connectivity index (χ0v) is 10.2. The van der Waals surface area contributed by atoms with E-state index in [9.17, 15) is 9.90 Å². The maximum absolute atomic E-state index is 12.5. The van der Waals surface area contributed by atoms with Gasteiger partial charge in [0.2, 0.25) is 0 Å². The predicted molar refractivity (Wildman–Crippen MR) is 72.8 cm³/mol. The van der Waals surface area contributed by atoms with Crippen LogP contribution in [0.3, 0.4) is 0 Å². The molecule has 4 rings (SSSR count). The van der Waals surface area contributed by atoms with E-state index in [0.29, 0.717) is 0 Å². The number of rotatable bonds is 0. The minimum atomic E-state index is -0.923. The van der Waals surface area contributed by atoms with Gasteiger partial charge in [0.05, 0.1) is 6.10 Å². The third kappa shape index (κ3) is 1.08. The van der Waals surface area contributed by atoms with Gasteiger partial charge in [-0.05, 0) is 28.3 Å². The van der Waals surface area contributed by atoms with Gasteiger partial charge in [-0.3, -0.25) is 4.79 Å². The molecular weight excluding hydrogens is 236 g/mol. The third-order valence-corrected chi connectivity index (χ3v) is 4.26. The molecule has 0 fully saturated rings. The van der Waals surface area contributed by atoms with E-state index in [1.807, 2.05) is 48.5 Å². The van der Waals surface area contributed by atoms with Crippen LogP contribution in [0.15, 0.2) is 60.7 Å². The number of benzene rings is 2. The Morgan fingerprint density at radius 3 is 1.89 bits per heavy atom. The second kappa shape index (κ2) is 3.43. The average Bonchev–Trinajstić information content (AvgIpc) is 2.92. The average molecular weight is 248 g/mol. The van der Waals surface area contributed by atoms with Crippen LogP contribution in [-0.2, 0) is 10.2 Å². The fraction of sp³-hybridized carbons (Fsp3) is 0.118. The normalized spacial score (nSPS) is 21.7. The largest absolute Gasteiger partial charge is 0.387 e. The molecule has 0 aromatic heterocycles. The molecule has 2 aromatic rings. The van der Waals surface area contributed by atoms with Gasteiger partial charge in [-0.2, -0.15) is 0 Å². The van der Waals surface area contributed by atoms with Crippen molar-refractivity contribution in [1.82, 2.24) is 0 Å². The molecule has 2 heteroatoms. The monoisotopic (exact) mass is 248 g/mol. The van der Waals surface area contributed by atoms with Crippen molar-refractivity contribution in [3.05, 3.63) is 71.8 Å². The summed E-state index contributed by atoms with van der Waals surface area (Å²) >= 11 is 0. The van der Waals surface area contributed by atoms with Crippen LogP contribution in [0.4, 0.5) is 0 Å². The lowest BCUT2D eigenvalue weighted by atomic mass is 9.73. The number of hydrogen-bond donors (Lipinski definition) is 1. The highest BCUT2D eigenvalue weighted by Gasteiger charge is 2.54. The molecule has 0 heterocycles. The van der Waals surface area contributed by atoms with Crippen molar-refractivity contribution in [1.29, 1.82) is 0 Å². The van der Waals surface area contributed by atoms with Gasteiger partial charge in [-0.25, -0.2) is 0 Å². The lowest BCUT2D eigenvalue weighted by Gasteiger charge is -2.28. The van der Waals surface area contributed by atoms with Crippen LogP contribution in [0.1, 0.15) is 11.1 Å². The summed E-state index contributed by atoms with van der Waals surface area (Å²) in [6, 6.07) is 15.7. The van der Waals surface area contributed by atoms with E-state index in [2.05, 4.69) is 0 Å². The summed E-state index contributed by atoms with van der Waals surface area (Å²) in [5, 5.41) is 10.4. The Morgan fingerprint density at radius 2 is 1.42 bits per heavy atom. The number of hydrogen-bond acceptors (Lipinski definition) is 2. The maximum Gasteiger partial charge on any atom is 0.173 e. The van der Waals surface area contributed by atoms with Gasteiger partial charge in [-0.15, -0.1) is 0 Å². The van der Waals surface area contributed by atoms with E-state index in [4.69, 9.17) is 0 Å². The Bertz CT molecular complexity index is 682. The number of aliphatic hydroxyl groups excluding tert-OH is 1. The summed E-state index contributed by atoms with van der Waals surface area (Å²) in [7, 11) is 0. The Balaban J connectivity index is 2.16. The number of carbonyl (C=O) groups excluding carboxylic acids is 1. The Kier molecular flexibility index (Phi) is 1.93. The van der Waals surface area contributed by atoms with Crippen molar-refractivity contribution in [2.24, 2.45) is 0 Å². The summed E-state index contributed by atoms with van der Waals surface area (Å²) in [6.07, 6.45) is 2.31. The quantitative estimate of drug-likeness (QED) is 0.777. The first-order chi connectivity index (χ1) is 9.26. The summed E-state index contributed by atoms with van der Waals surface area (Å²) in [4.78, 5) is 12.5. The second-order valence-corrected chi connectivity index (χ2v) is 5.07. The lowest BCUT2D eigenvalue weighted by molar-refractivity contribution is -0.119. The van der Waals surface area contributed by atoms with Crippen LogP contribution in [0.25, 0.3) is 11.1 Å². The molecule has 1 spiro atoms. The Hall–Kier alpha value is -2.19. The number of ketones is 1. The summed E-state index contributed by atoms with van der Waals surface area (Å²) in [5.74, 6) is -0.0302. The highest BCUT2D eigenvalue weighted by Crippen LogP contribution is 2.53. The molecule has 0 saturated heterocycles. The topological polar surface area (TPSA) is 37.3 Å². The van der Waals surface area contributed by atoms with E-state index < -0.39 is 11.5 Å². The lowest BCUT2D eigenvalue weighted by Crippen LogP contribution is -2.40. The van der Waals surface area contributed by atoms with Crippen LogP contribution in [0.2, 0.25) is 0 Å². The minimum Gasteiger partial charge on any atom is -0.387 e. The molecule has 0 bridgehead atoms. The molecule has 1 unspecified atom stereocenters. The van der Waals surface area contributed by atoms with Crippen molar-refractivity contribution in [2.45, 2.75) is 11.5 Å². The molecular formula is C17H12O2. The first-order valence-electron chi connectivity index (χ1n) is 6.36. The van der Waals surface area contributed by atoms with Gasteiger partial charge in [0.15, 0.2) is 5.78 Å². The molecule has 1 N–H and O–H groups in total. The molecule has 92 valence electrons. The van der Waals surface area contributed by atoms with Crippen molar-refractivity contribution < 1.29 is 9.90 Å². The van der Waals surface area contributed by atoms with Gasteiger partial charge in [-0.1, -0.05) is 54.6 Å². The number of allylic oxidation sites excluding steroid dienone is 1. The Morgan fingerprint density at radius 1 is 0.895 bits per heavy atom. The first kappa shape index (κ1) is 10.7. The Labute approximate surface area is 111 Å². The molecule has 2 aromatic carbocycles. The molecule has 2 aliphatic carbocycles. The van der Waals surface area contributed by atoms with Gasteiger partial charge >= 0.3 is 0 Å². The van der Waals surface area contributed by atoms with Crippen molar-refractivity contribution in [3.63, 3.8) is 0 Å². The van der Waals surface area contributed by atoms with E-state index in [-0.39, 0.29) is 5.78 Å². The number of aliphatic hydroxyl groups is 1. The van der Waals surface area contributed by atoms with Gasteiger partial charge in [0.25, 0.3) is 0 Å². The van der Waals surface area contributed by atoms with Crippen LogP contribution < -0.4 is 0 Å². The summed E-state index contributed by atoms with van der Waals surface area (Å²) < 4.78 is 0. The SMILES string of the molecule is O=C1C=CC(O)C12c1ccccc1-c1ccccc12. The van der Waals surface area contributed by atoms with Crippen LogP contribution in [0, 0.1) is 0 Å². The predicted octanol–water partition coefficient (Wildman–Crippen LogP) is 2.45. The maximum atomic E-state index is 12.5. The second-order valence-electron chi connectivity index (χ2n) is 5.07. The van der Waals surface area contributed by atoms with Crippen LogP contribution in [0.5, 0.6) is 0 Å². The fourth-order valence-electron chi connectivity index (χ4n) is 3.45. The van der Waals surface area contributed by atoms with Crippen LogP contribution in [-0.4, -0.2) is 17.0 Å². The number of carbonyl (C=O) groups is 1. The van der Waals surface area contributed by atoms with Gasteiger partial charge in [0.1, 0.15) is 5.41 Å². The minimum absolute atomic E-state index is 0.0302. The molecule has 2 aliphatic rings. The molecule has 19 heavy (non-hydrogen) atoms. The molecule has 0 radical (unpaired) electrons. The standard InChI is InChI=1S/C17H12O2/c18-15-9-10-16(19)17(15)13-7-3-1-5-11(13)12-6-2-4-8-14(12)17/h1-10,15,18H. The molecule has 2 nitrogen and oxygen atoms in total. The fourth-order valence-corrected chi connectivity index (χ4v) is 3.45. The van der Waals surface area contributed by atoms with Gasteiger partial charge < -0.3 is 5.11 Å². The molecule has 0 aliphatic heterocycles. The van der Waals surface area contributed by atoms with E-state index in [1.54, 1.807) is 6.08 Å². The zero-order valence-electron chi connectivity index (χ0n) is 10.2. The number of fused-ring (bicyclic) bond motifs is 5. The highest BCUT2D eigenvalue weighted by molar-refractivity contribution is 6.10. The van der Waals surface area contributed by atoms with Gasteiger partial charge in [0, 0.05) is 0 Å². The van der Waals surface area contributed by atoms with Crippen LogP contribution >= 0.6 is 0 Å². The van der Waals surface area contributed by atoms with E-state index in [0.717, 1.165) is 22.3 Å². The zero-order chi connectivity index (χ0) is 13.0. The first-order valence-corrected chi connectivity index (χ1v) is 6.36. The molecule has 1 atom stereocenters. The van der Waals surface area contributed by atoms with Crippen molar-refractivity contribution in [3.8, 4) is 11.1 Å². The van der Waals surface area contributed by atoms with E-state index >= 15 is 0 Å².